The van der Waals surface area contributed by atoms with Crippen molar-refractivity contribution in [2.75, 3.05) is 13.1 Å². The number of carbonyl (C=O) groups excluding carboxylic acids is 2. The third kappa shape index (κ3) is 250. The Morgan fingerprint density at radius 1 is 0.789 bits per heavy atom. The predicted octanol–water partition coefficient (Wildman–Crippen LogP) is 1.36. The number of amides is 2. The Hall–Kier alpha value is -1.14. The third-order valence-electron chi connectivity index (χ3n) is 0.986. The van der Waals surface area contributed by atoms with Gasteiger partial charge in [0.15, 0.2) is 0 Å². The molecule has 122 valence electrons. The number of hydrogen-bond acceptors (Lipinski definition) is 4. The van der Waals surface area contributed by atoms with Crippen LogP contribution in [0, 0.1) is 0 Å². The van der Waals surface area contributed by atoms with Gasteiger partial charge in [-0.05, 0) is 19.5 Å². The fraction of sp³-hybridized carbons (Fsp3) is 0.846. The summed E-state index contributed by atoms with van der Waals surface area (Å²) in [5, 5.41) is 0. The maximum atomic E-state index is 9.59. The Kier molecular flexibility index (Phi) is 82.9. The molecule has 0 saturated heterocycles. The lowest BCUT2D eigenvalue weighted by atomic mass is 10.5. The van der Waals surface area contributed by atoms with Crippen molar-refractivity contribution >= 4 is 11.8 Å². The van der Waals surface area contributed by atoms with Crippen LogP contribution in [0.2, 0.25) is 0 Å². The number of hydrogen-bond donors (Lipinski definition) is 4. The first-order valence-electron chi connectivity index (χ1n) is 5.84. The van der Waals surface area contributed by atoms with Crippen molar-refractivity contribution in [2.24, 2.45) is 22.9 Å². The molecular weight excluding hydrogens is 244 g/mol. The van der Waals surface area contributed by atoms with Crippen LogP contribution in [0.1, 0.15) is 61.8 Å². The van der Waals surface area contributed by atoms with E-state index in [0.29, 0.717) is 12.8 Å². The summed E-state index contributed by atoms with van der Waals surface area (Å²) in [6.45, 7) is 8.98. The monoisotopic (exact) mass is 282 g/mol. The molecule has 6 heteroatoms. The quantitative estimate of drug-likeness (QED) is 0.620. The van der Waals surface area contributed by atoms with Crippen molar-refractivity contribution in [3.8, 4) is 0 Å². The third-order valence-corrected chi connectivity index (χ3v) is 0.986. The average molecular weight is 282 g/mol. The minimum atomic E-state index is -0.245. The molecule has 8 N–H and O–H groups in total. The van der Waals surface area contributed by atoms with E-state index in [1.807, 2.05) is 6.92 Å². The van der Waals surface area contributed by atoms with E-state index >= 15 is 0 Å². The molecule has 0 aromatic rings. The minimum absolute atomic E-state index is 0. The molecule has 0 aliphatic heterocycles. The van der Waals surface area contributed by atoms with Crippen LogP contribution in [0.25, 0.3) is 0 Å². The molecule has 0 bridgehead atoms. The van der Waals surface area contributed by atoms with Crippen molar-refractivity contribution in [1.82, 2.24) is 0 Å². The SMILES string of the molecule is C.C.CCC(N)=O.CCC(N)=O.CCCN.CCN. The molecule has 0 aliphatic rings. The summed E-state index contributed by atoms with van der Waals surface area (Å²) >= 11 is 0. The molecule has 0 aromatic heterocycles. The maximum Gasteiger partial charge on any atom is 0.217 e. The Labute approximate surface area is 120 Å². The van der Waals surface area contributed by atoms with Gasteiger partial charge in [0.2, 0.25) is 11.8 Å². The van der Waals surface area contributed by atoms with Gasteiger partial charge in [-0.15, -0.1) is 0 Å². The van der Waals surface area contributed by atoms with Crippen LogP contribution in [0.3, 0.4) is 0 Å². The molecule has 0 spiro atoms. The van der Waals surface area contributed by atoms with Gasteiger partial charge in [0.25, 0.3) is 0 Å². The molecule has 0 atom stereocenters. The number of rotatable bonds is 3. The molecular formula is C13H38N4O2. The van der Waals surface area contributed by atoms with E-state index < -0.39 is 0 Å². The van der Waals surface area contributed by atoms with E-state index in [-0.39, 0.29) is 26.7 Å². The van der Waals surface area contributed by atoms with Gasteiger partial charge < -0.3 is 22.9 Å². The van der Waals surface area contributed by atoms with Gasteiger partial charge in [0, 0.05) is 12.8 Å². The topological polar surface area (TPSA) is 138 Å². The second-order valence-corrected chi connectivity index (χ2v) is 2.84. The van der Waals surface area contributed by atoms with E-state index in [2.05, 4.69) is 18.4 Å². The van der Waals surface area contributed by atoms with Crippen LogP contribution in [0.15, 0.2) is 0 Å². The lowest BCUT2D eigenvalue weighted by molar-refractivity contribution is -0.118. The zero-order chi connectivity index (χ0) is 14.7. The molecule has 2 amide bonds. The Balaban J connectivity index is -0.0000000291. The van der Waals surface area contributed by atoms with Gasteiger partial charge in [-0.25, -0.2) is 0 Å². The zero-order valence-electron chi connectivity index (χ0n) is 11.7. The van der Waals surface area contributed by atoms with Crippen molar-refractivity contribution < 1.29 is 9.59 Å². The molecule has 19 heavy (non-hydrogen) atoms. The summed E-state index contributed by atoms with van der Waals surface area (Å²) in [5.41, 5.74) is 19.2. The minimum Gasteiger partial charge on any atom is -0.370 e. The highest BCUT2D eigenvalue weighted by atomic mass is 16.1. The smallest absolute Gasteiger partial charge is 0.217 e. The lowest BCUT2D eigenvalue weighted by Crippen LogP contribution is -2.06. The standard InChI is InChI=1S/2C3H7NO.C3H9N.C2H7N.2CH4/c2*1-2-3(4)5;1-2-3-4;1-2-3;;/h2*2H2,1H3,(H2,4,5);2-4H2,1H3;2-3H2,1H3;2*1H4. The van der Waals surface area contributed by atoms with Gasteiger partial charge in [-0.2, -0.15) is 0 Å². The molecule has 0 fully saturated rings. The molecule has 0 aromatic carbocycles. The largest absolute Gasteiger partial charge is 0.370 e. The van der Waals surface area contributed by atoms with Crippen LogP contribution >= 0.6 is 0 Å². The summed E-state index contributed by atoms with van der Waals surface area (Å²) in [5.74, 6) is -0.491. The zero-order valence-corrected chi connectivity index (χ0v) is 11.7. The molecule has 0 heterocycles. The fourth-order valence-corrected chi connectivity index (χ4v) is 0. The van der Waals surface area contributed by atoms with Gasteiger partial charge in [-0.3, -0.25) is 9.59 Å². The molecule has 0 unspecified atom stereocenters. The summed E-state index contributed by atoms with van der Waals surface area (Å²) in [4.78, 5) is 19.2. The van der Waals surface area contributed by atoms with Crippen molar-refractivity contribution in [1.29, 1.82) is 0 Å². The first-order valence-corrected chi connectivity index (χ1v) is 5.84. The lowest BCUT2D eigenvalue weighted by Gasteiger charge is -1.73. The van der Waals surface area contributed by atoms with Crippen LogP contribution in [0.5, 0.6) is 0 Å². The summed E-state index contributed by atoms with van der Waals surface area (Å²) in [6.07, 6.45) is 1.99. The van der Waals surface area contributed by atoms with E-state index in [1.54, 1.807) is 13.8 Å². The first kappa shape index (κ1) is 36.1. The normalized spacial score (nSPS) is 6.42. The van der Waals surface area contributed by atoms with Crippen molar-refractivity contribution in [3.05, 3.63) is 0 Å². The number of nitrogens with two attached hydrogens (primary N) is 4. The summed E-state index contributed by atoms with van der Waals surface area (Å²) in [7, 11) is 0. The van der Waals surface area contributed by atoms with Gasteiger partial charge in [0.1, 0.15) is 0 Å². The molecule has 0 saturated carbocycles. The summed E-state index contributed by atoms with van der Waals surface area (Å²) in [6, 6.07) is 0. The van der Waals surface area contributed by atoms with Crippen LogP contribution < -0.4 is 22.9 Å². The van der Waals surface area contributed by atoms with Crippen molar-refractivity contribution in [2.45, 2.75) is 61.8 Å². The van der Waals surface area contributed by atoms with E-state index in [9.17, 15) is 9.59 Å². The highest BCUT2D eigenvalue weighted by molar-refractivity contribution is 5.73. The highest BCUT2D eigenvalue weighted by Crippen LogP contribution is 1.63. The highest BCUT2D eigenvalue weighted by Gasteiger charge is 1.77. The Bertz CT molecular complexity index is 138. The average Bonchev–Trinajstić information content (AvgIpc) is 2.31. The number of carbonyl (C=O) groups is 2. The van der Waals surface area contributed by atoms with Crippen LogP contribution in [0.4, 0.5) is 0 Å². The van der Waals surface area contributed by atoms with Gasteiger partial charge in [0.05, 0.1) is 0 Å². The van der Waals surface area contributed by atoms with Crippen molar-refractivity contribution in [3.63, 3.8) is 0 Å². The van der Waals surface area contributed by atoms with Gasteiger partial charge in [-0.1, -0.05) is 42.5 Å². The number of primary amides is 2. The van der Waals surface area contributed by atoms with Gasteiger partial charge >= 0.3 is 0 Å². The second-order valence-electron chi connectivity index (χ2n) is 2.84. The maximum absolute atomic E-state index is 9.59. The van der Waals surface area contributed by atoms with Crippen LogP contribution in [-0.2, 0) is 9.59 Å². The molecule has 6 nitrogen and oxygen atoms in total. The first-order chi connectivity index (χ1) is 7.87. The second kappa shape index (κ2) is 43.6. The fourth-order valence-electron chi connectivity index (χ4n) is 0. The molecule has 0 aliphatic carbocycles. The van der Waals surface area contributed by atoms with E-state index in [0.717, 1.165) is 19.5 Å². The predicted molar refractivity (Wildman–Crippen MR) is 86.5 cm³/mol. The van der Waals surface area contributed by atoms with E-state index in [1.165, 1.54) is 0 Å². The van der Waals surface area contributed by atoms with Crippen LogP contribution in [-0.4, -0.2) is 24.9 Å². The Morgan fingerprint density at radius 2 is 0.895 bits per heavy atom. The molecule has 0 rings (SSSR count). The van der Waals surface area contributed by atoms with E-state index in [4.69, 9.17) is 11.5 Å². The molecule has 0 radical (unpaired) electrons. The Morgan fingerprint density at radius 3 is 0.895 bits per heavy atom. The summed E-state index contributed by atoms with van der Waals surface area (Å²) < 4.78 is 0.